The molecule has 0 bridgehead atoms. The van der Waals surface area contributed by atoms with Crippen LogP contribution < -0.4 is 5.73 Å². The Morgan fingerprint density at radius 2 is 1.97 bits per heavy atom. The molecule has 0 aliphatic carbocycles. The van der Waals surface area contributed by atoms with Crippen molar-refractivity contribution in [2.45, 2.75) is 24.8 Å². The monoisotopic (exact) mass is 516 g/mol. The summed E-state index contributed by atoms with van der Waals surface area (Å²) in [4.78, 5) is 50.4. The van der Waals surface area contributed by atoms with Crippen LogP contribution in [0.4, 0.5) is 5.95 Å². The lowest BCUT2D eigenvalue weighted by Gasteiger charge is -2.19. The molecular formula is C10H15N8O11P3. The molecule has 0 saturated carbocycles. The second-order valence-electron chi connectivity index (χ2n) is 6.11. The molecule has 3 heterocycles. The minimum Gasteiger partial charge on any atom is -0.368 e. The first-order valence-corrected chi connectivity index (χ1v) is 12.7. The summed E-state index contributed by atoms with van der Waals surface area (Å²) in [7, 11) is -16.6. The normalized spacial score (nSPS) is 25.2. The Bertz CT molecular complexity index is 1190. The van der Waals surface area contributed by atoms with Gasteiger partial charge < -0.3 is 30.0 Å². The molecule has 22 heteroatoms. The van der Waals surface area contributed by atoms with Gasteiger partial charge in [-0.2, -0.15) is 13.6 Å². The average molecular weight is 516 g/mol. The van der Waals surface area contributed by atoms with Crippen molar-refractivity contribution in [2.24, 2.45) is 5.11 Å². The molecule has 3 rings (SSSR count). The van der Waals surface area contributed by atoms with E-state index in [1.165, 1.54) is 17.1 Å². The van der Waals surface area contributed by atoms with E-state index in [9.17, 15) is 23.5 Å². The summed E-state index contributed by atoms with van der Waals surface area (Å²) in [5, 5.41) is 3.53. The number of nitrogens with two attached hydrogens (primary N) is 1. The van der Waals surface area contributed by atoms with Crippen LogP contribution in [0.5, 0.6) is 0 Å². The van der Waals surface area contributed by atoms with Crippen molar-refractivity contribution < 1.29 is 51.2 Å². The zero-order valence-corrected chi connectivity index (χ0v) is 18.2. The average Bonchev–Trinajstić information content (AvgIpc) is 3.20. The fourth-order valence-electron chi connectivity index (χ4n) is 2.75. The largest absolute Gasteiger partial charge is 0.490 e. The molecule has 2 unspecified atom stereocenters. The van der Waals surface area contributed by atoms with E-state index in [-0.39, 0.29) is 12.4 Å². The highest BCUT2D eigenvalue weighted by Gasteiger charge is 2.43. The predicted molar refractivity (Wildman–Crippen MR) is 101 cm³/mol. The van der Waals surface area contributed by atoms with Crippen LogP contribution in [0.25, 0.3) is 21.6 Å². The van der Waals surface area contributed by atoms with Gasteiger partial charge in [0.05, 0.1) is 31.3 Å². The molecule has 19 nitrogen and oxygen atoms in total. The summed E-state index contributed by atoms with van der Waals surface area (Å²) in [6, 6.07) is -0.922. The highest BCUT2D eigenvalue weighted by atomic mass is 31.3. The second kappa shape index (κ2) is 9.11. The number of phosphoric acid groups is 3. The fourth-order valence-corrected chi connectivity index (χ4v) is 5.78. The molecule has 1 saturated heterocycles. The Hall–Kier alpha value is -1.97. The molecule has 0 spiro atoms. The predicted octanol–water partition coefficient (Wildman–Crippen LogP) is 0.718. The summed E-state index contributed by atoms with van der Waals surface area (Å²) in [5.41, 5.74) is 15.0. The van der Waals surface area contributed by atoms with Gasteiger partial charge >= 0.3 is 23.5 Å². The Kier molecular flexibility index (Phi) is 7.02. The first-order valence-electron chi connectivity index (χ1n) is 8.22. The van der Waals surface area contributed by atoms with Gasteiger partial charge in [-0.15, -0.1) is 0 Å². The zero-order valence-electron chi connectivity index (χ0n) is 15.5. The van der Waals surface area contributed by atoms with Gasteiger partial charge in [0.15, 0.2) is 5.65 Å². The number of imidazole rings is 1. The summed E-state index contributed by atoms with van der Waals surface area (Å²) >= 11 is 0. The van der Waals surface area contributed by atoms with Crippen LogP contribution in [0.1, 0.15) is 12.6 Å². The number of rotatable bonds is 9. The maximum absolute atomic E-state index is 11.9. The minimum atomic E-state index is -5.67. The Morgan fingerprint density at radius 3 is 2.62 bits per heavy atom. The molecule has 0 amide bonds. The number of ether oxygens (including phenoxy) is 1. The van der Waals surface area contributed by atoms with E-state index in [0.717, 1.165) is 0 Å². The van der Waals surface area contributed by atoms with Gasteiger partial charge in [0.1, 0.15) is 11.7 Å². The summed E-state index contributed by atoms with van der Waals surface area (Å²) in [6.45, 7) is -0.784. The number of nitrogens with zero attached hydrogens (tertiary/aromatic N) is 7. The maximum atomic E-state index is 11.9. The van der Waals surface area contributed by atoms with Crippen molar-refractivity contribution in [3.63, 3.8) is 0 Å². The number of hydrogen-bond donors (Lipinski definition) is 5. The van der Waals surface area contributed by atoms with E-state index < -0.39 is 48.4 Å². The lowest BCUT2D eigenvalue weighted by atomic mass is 10.1. The van der Waals surface area contributed by atoms with Gasteiger partial charge in [-0.1, -0.05) is 5.11 Å². The Morgan fingerprint density at radius 1 is 1.25 bits per heavy atom. The topological polar surface area (TPSA) is 287 Å². The van der Waals surface area contributed by atoms with Crippen LogP contribution in [0.3, 0.4) is 0 Å². The van der Waals surface area contributed by atoms with Crippen LogP contribution in [-0.4, -0.2) is 57.8 Å². The molecule has 1 aliphatic heterocycles. The lowest BCUT2D eigenvalue weighted by molar-refractivity contribution is -0.0230. The van der Waals surface area contributed by atoms with Crippen LogP contribution in [0.2, 0.25) is 0 Å². The number of phosphoric ester groups is 1. The number of anilines is 1. The molecule has 2 aromatic heterocycles. The number of nitrogen functional groups attached to an aromatic ring is 1. The van der Waals surface area contributed by atoms with Crippen molar-refractivity contribution in [3.8, 4) is 0 Å². The van der Waals surface area contributed by atoms with Crippen molar-refractivity contribution in [3.05, 3.63) is 23.0 Å². The van der Waals surface area contributed by atoms with Crippen molar-refractivity contribution >= 4 is 40.6 Å². The lowest BCUT2D eigenvalue weighted by Crippen LogP contribution is -2.24. The molecule has 1 aliphatic rings. The van der Waals surface area contributed by atoms with E-state index in [1.807, 2.05) is 0 Å². The smallest absolute Gasteiger partial charge is 0.368 e. The van der Waals surface area contributed by atoms with E-state index in [0.29, 0.717) is 11.2 Å². The van der Waals surface area contributed by atoms with Crippen LogP contribution in [-0.2, 0) is 31.6 Å². The van der Waals surface area contributed by atoms with Gasteiger partial charge in [-0.3, -0.25) is 9.09 Å². The molecule has 5 atom stereocenters. The molecule has 2 aromatic rings. The van der Waals surface area contributed by atoms with Gasteiger partial charge in [-0.25, -0.2) is 23.7 Å². The Balaban J connectivity index is 1.72. The second-order valence-corrected chi connectivity index (χ2v) is 10.5. The molecule has 1 fully saturated rings. The third-order valence-electron chi connectivity index (χ3n) is 3.87. The standard InChI is InChI=1S/C10H15N8O11P3/c11-10-13-2-6-9(15-10)18(4-14-6)8-1-5(16-17-12)7(27-8)3-26-31(22,23)29-32(24,25)28-30(19,20)21/h2,4-5,7-8H,1,3H2,(H,22,23)(H,24,25)(H2,11,13,15)(H2,19,20,21)/t5-,7+,8+/m0/s1. The molecule has 0 radical (unpaired) electrons. The molecule has 6 N–H and O–H groups in total. The SMILES string of the molecule is [N-]=[N+]=N[C@H]1C[C@H](n2cnc3cnc(N)nc32)O[C@@H]1COP(=O)(O)OP(=O)(O)OP(=O)(O)O. The van der Waals surface area contributed by atoms with Crippen molar-refractivity contribution in [1.82, 2.24) is 19.5 Å². The van der Waals surface area contributed by atoms with Crippen LogP contribution in [0.15, 0.2) is 17.6 Å². The quantitative estimate of drug-likeness (QED) is 0.133. The Labute approximate surface area is 177 Å². The fraction of sp³-hybridized carbons (Fsp3) is 0.500. The summed E-state index contributed by atoms with van der Waals surface area (Å²) < 4.78 is 52.9. The third kappa shape index (κ3) is 6.30. The highest BCUT2D eigenvalue weighted by Crippen LogP contribution is 2.66. The molecule has 0 aromatic carbocycles. The zero-order chi connectivity index (χ0) is 23.7. The maximum Gasteiger partial charge on any atom is 0.490 e. The van der Waals surface area contributed by atoms with E-state index in [1.54, 1.807) is 0 Å². The number of hydrogen-bond acceptors (Lipinski definition) is 12. The van der Waals surface area contributed by atoms with Crippen molar-refractivity contribution in [2.75, 3.05) is 12.3 Å². The van der Waals surface area contributed by atoms with E-state index >= 15 is 0 Å². The first-order chi connectivity index (χ1) is 14.8. The van der Waals surface area contributed by atoms with Crippen LogP contribution >= 0.6 is 23.5 Å². The molecule has 176 valence electrons. The van der Waals surface area contributed by atoms with Gasteiger partial charge in [0.2, 0.25) is 5.95 Å². The first kappa shape index (κ1) is 24.7. The van der Waals surface area contributed by atoms with Gasteiger partial charge in [-0.05, 0) is 5.53 Å². The summed E-state index contributed by atoms with van der Waals surface area (Å²) in [6.07, 6.45) is 0.836. The van der Waals surface area contributed by atoms with Crippen molar-refractivity contribution in [1.29, 1.82) is 0 Å². The number of azide groups is 1. The number of fused-ring (bicyclic) bond motifs is 1. The molecule has 32 heavy (non-hydrogen) atoms. The molecular weight excluding hydrogens is 501 g/mol. The minimum absolute atomic E-state index is 0.0342. The van der Waals surface area contributed by atoms with E-state index in [2.05, 4.69) is 38.1 Å². The van der Waals surface area contributed by atoms with E-state index in [4.69, 9.17) is 25.8 Å². The summed E-state index contributed by atoms with van der Waals surface area (Å²) in [5.74, 6) is -0.0342. The third-order valence-corrected chi connectivity index (χ3v) is 7.67. The highest BCUT2D eigenvalue weighted by molar-refractivity contribution is 7.66. The van der Waals surface area contributed by atoms with Gasteiger partial charge in [0.25, 0.3) is 0 Å². The number of aromatic nitrogens is 4. The van der Waals surface area contributed by atoms with Gasteiger partial charge in [0, 0.05) is 11.3 Å². The van der Waals surface area contributed by atoms with Crippen LogP contribution in [0, 0.1) is 0 Å².